The van der Waals surface area contributed by atoms with E-state index < -0.39 is 24.0 Å². The Morgan fingerprint density at radius 3 is 2.14 bits per heavy atom. The Morgan fingerprint density at radius 1 is 1.36 bits per heavy atom. The van der Waals surface area contributed by atoms with Crippen LogP contribution >= 0.6 is 0 Å². The molecule has 0 aliphatic rings. The fraction of sp³-hybridized carbons (Fsp3) is 0.800. The van der Waals surface area contributed by atoms with Gasteiger partial charge in [-0.15, -0.1) is 0 Å². The first-order valence-corrected chi connectivity index (χ1v) is 4.50. The van der Waals surface area contributed by atoms with Crippen molar-refractivity contribution in [3.8, 4) is 0 Å². The SMILES string of the molecule is COC(=O)C[C@@H](CF)C(=O)C(C)(C)C. The van der Waals surface area contributed by atoms with Gasteiger partial charge < -0.3 is 4.74 Å². The second kappa shape index (κ2) is 5.08. The number of esters is 1. The monoisotopic (exact) mass is 204 g/mol. The summed E-state index contributed by atoms with van der Waals surface area (Å²) in [7, 11) is 1.22. The van der Waals surface area contributed by atoms with E-state index in [1.807, 2.05) is 0 Å². The van der Waals surface area contributed by atoms with Crippen molar-refractivity contribution in [3.05, 3.63) is 0 Å². The van der Waals surface area contributed by atoms with Gasteiger partial charge in [-0.05, 0) is 0 Å². The fourth-order valence-corrected chi connectivity index (χ4v) is 1.11. The van der Waals surface area contributed by atoms with E-state index in [4.69, 9.17) is 0 Å². The molecule has 0 N–H and O–H groups in total. The summed E-state index contributed by atoms with van der Waals surface area (Å²) in [4.78, 5) is 22.5. The van der Waals surface area contributed by atoms with Gasteiger partial charge in [0.05, 0.1) is 26.1 Å². The van der Waals surface area contributed by atoms with Crippen LogP contribution in [0.1, 0.15) is 27.2 Å². The van der Waals surface area contributed by atoms with E-state index >= 15 is 0 Å². The van der Waals surface area contributed by atoms with E-state index in [1.54, 1.807) is 20.8 Å². The van der Waals surface area contributed by atoms with E-state index in [9.17, 15) is 14.0 Å². The number of halogens is 1. The van der Waals surface area contributed by atoms with Gasteiger partial charge in [0.25, 0.3) is 0 Å². The second-order valence-corrected chi connectivity index (χ2v) is 4.25. The lowest BCUT2D eigenvalue weighted by Crippen LogP contribution is -2.31. The highest BCUT2D eigenvalue weighted by Crippen LogP contribution is 2.22. The average Bonchev–Trinajstić information content (AvgIpc) is 2.11. The molecule has 0 saturated carbocycles. The Hall–Kier alpha value is -0.930. The van der Waals surface area contributed by atoms with Gasteiger partial charge in [-0.25, -0.2) is 0 Å². The molecule has 0 amide bonds. The number of carbonyl (C=O) groups excluding carboxylic acids is 2. The maximum Gasteiger partial charge on any atom is 0.306 e. The van der Waals surface area contributed by atoms with Gasteiger partial charge in [-0.1, -0.05) is 20.8 Å². The normalized spacial score (nSPS) is 13.5. The van der Waals surface area contributed by atoms with Gasteiger partial charge in [-0.2, -0.15) is 0 Å². The largest absolute Gasteiger partial charge is 0.469 e. The lowest BCUT2D eigenvalue weighted by molar-refractivity contribution is -0.145. The van der Waals surface area contributed by atoms with Gasteiger partial charge in [0.1, 0.15) is 5.78 Å². The van der Waals surface area contributed by atoms with Crippen molar-refractivity contribution in [2.75, 3.05) is 13.8 Å². The first-order valence-electron chi connectivity index (χ1n) is 4.50. The highest BCUT2D eigenvalue weighted by atomic mass is 19.1. The number of hydrogen-bond donors (Lipinski definition) is 0. The molecule has 14 heavy (non-hydrogen) atoms. The zero-order chi connectivity index (χ0) is 11.4. The molecule has 0 bridgehead atoms. The molecule has 0 fully saturated rings. The Morgan fingerprint density at radius 2 is 1.86 bits per heavy atom. The second-order valence-electron chi connectivity index (χ2n) is 4.25. The summed E-state index contributed by atoms with van der Waals surface area (Å²) in [6.45, 7) is 4.30. The number of alkyl halides is 1. The molecule has 0 aromatic heterocycles. The topological polar surface area (TPSA) is 43.4 Å². The average molecular weight is 204 g/mol. The molecule has 0 radical (unpaired) electrons. The Labute approximate surface area is 83.6 Å². The van der Waals surface area contributed by atoms with Crippen LogP contribution in [0.2, 0.25) is 0 Å². The summed E-state index contributed by atoms with van der Waals surface area (Å²) in [6.07, 6.45) is -0.177. The van der Waals surface area contributed by atoms with E-state index in [0.29, 0.717) is 0 Å². The number of methoxy groups -OCH3 is 1. The minimum Gasteiger partial charge on any atom is -0.469 e. The molecule has 0 aromatic carbocycles. The van der Waals surface area contributed by atoms with Crippen molar-refractivity contribution in [1.29, 1.82) is 0 Å². The van der Waals surface area contributed by atoms with Crippen molar-refractivity contribution in [2.24, 2.45) is 11.3 Å². The third kappa shape index (κ3) is 3.85. The van der Waals surface area contributed by atoms with Crippen LogP contribution in [-0.4, -0.2) is 25.5 Å². The number of ketones is 1. The summed E-state index contributed by atoms with van der Waals surface area (Å²) in [5.41, 5.74) is -0.620. The van der Waals surface area contributed by atoms with E-state index in [1.165, 1.54) is 7.11 Å². The van der Waals surface area contributed by atoms with Gasteiger partial charge in [-0.3, -0.25) is 14.0 Å². The van der Waals surface area contributed by atoms with Crippen LogP contribution in [0.4, 0.5) is 4.39 Å². The summed E-state index contributed by atoms with van der Waals surface area (Å²) in [5.74, 6) is -1.67. The van der Waals surface area contributed by atoms with Crippen LogP contribution in [0.25, 0.3) is 0 Å². The zero-order valence-electron chi connectivity index (χ0n) is 9.09. The van der Waals surface area contributed by atoms with Crippen molar-refractivity contribution in [2.45, 2.75) is 27.2 Å². The molecule has 0 heterocycles. The molecule has 0 unspecified atom stereocenters. The summed E-state index contributed by atoms with van der Waals surface area (Å²) in [6, 6.07) is 0. The molecule has 4 heteroatoms. The number of Topliss-reactive ketones (excluding diaryl/α,β-unsaturated/α-hetero) is 1. The zero-order valence-corrected chi connectivity index (χ0v) is 9.09. The van der Waals surface area contributed by atoms with Gasteiger partial charge in [0.15, 0.2) is 0 Å². The molecule has 0 aromatic rings. The predicted octanol–water partition coefficient (Wildman–Crippen LogP) is 1.75. The summed E-state index contributed by atoms with van der Waals surface area (Å²) >= 11 is 0. The van der Waals surface area contributed by atoms with Crippen LogP contribution in [0.5, 0.6) is 0 Å². The van der Waals surface area contributed by atoms with E-state index in [2.05, 4.69) is 4.74 Å². The fourth-order valence-electron chi connectivity index (χ4n) is 1.11. The third-order valence-electron chi connectivity index (χ3n) is 1.94. The highest BCUT2D eigenvalue weighted by Gasteiger charge is 2.31. The number of ether oxygens (including phenoxy) is 1. The first-order chi connectivity index (χ1) is 6.32. The van der Waals surface area contributed by atoms with Crippen LogP contribution in [0, 0.1) is 11.3 Å². The molecule has 0 aliphatic heterocycles. The van der Waals surface area contributed by atoms with Crippen molar-refractivity contribution < 1.29 is 18.7 Å². The maximum atomic E-state index is 12.5. The number of carbonyl (C=O) groups is 2. The highest BCUT2D eigenvalue weighted by molar-refractivity contribution is 5.89. The molecule has 0 spiro atoms. The van der Waals surface area contributed by atoms with Gasteiger partial charge >= 0.3 is 5.97 Å². The number of rotatable bonds is 4. The minimum absolute atomic E-state index is 0.177. The van der Waals surface area contributed by atoms with Crippen molar-refractivity contribution >= 4 is 11.8 Å². The van der Waals surface area contributed by atoms with Gasteiger partial charge in [0.2, 0.25) is 0 Å². The molecule has 82 valence electrons. The molecule has 0 saturated heterocycles. The van der Waals surface area contributed by atoms with E-state index in [-0.39, 0.29) is 12.2 Å². The molecular formula is C10H17FO3. The first kappa shape index (κ1) is 13.1. The third-order valence-corrected chi connectivity index (χ3v) is 1.94. The van der Waals surface area contributed by atoms with Crippen LogP contribution in [0.15, 0.2) is 0 Å². The Bertz CT molecular complexity index is 218. The van der Waals surface area contributed by atoms with Crippen LogP contribution in [0.3, 0.4) is 0 Å². The lowest BCUT2D eigenvalue weighted by atomic mass is 9.82. The number of hydrogen-bond acceptors (Lipinski definition) is 3. The maximum absolute atomic E-state index is 12.5. The Kier molecular flexibility index (Phi) is 4.74. The summed E-state index contributed by atoms with van der Waals surface area (Å²) < 4.78 is 16.9. The molecule has 3 nitrogen and oxygen atoms in total. The van der Waals surface area contributed by atoms with Crippen LogP contribution in [-0.2, 0) is 14.3 Å². The lowest BCUT2D eigenvalue weighted by Gasteiger charge is -2.21. The molecular weight excluding hydrogens is 187 g/mol. The van der Waals surface area contributed by atoms with Crippen LogP contribution < -0.4 is 0 Å². The Balaban J connectivity index is 4.42. The minimum atomic E-state index is -0.873. The predicted molar refractivity (Wildman–Crippen MR) is 50.6 cm³/mol. The van der Waals surface area contributed by atoms with Crippen molar-refractivity contribution in [1.82, 2.24) is 0 Å². The van der Waals surface area contributed by atoms with Crippen molar-refractivity contribution in [3.63, 3.8) is 0 Å². The summed E-state index contributed by atoms with van der Waals surface area (Å²) in [5, 5.41) is 0. The molecule has 0 aliphatic carbocycles. The quantitative estimate of drug-likeness (QED) is 0.655. The smallest absolute Gasteiger partial charge is 0.306 e. The molecule has 0 rings (SSSR count). The molecule has 1 atom stereocenters. The standard InChI is InChI=1S/C10H17FO3/c1-10(2,3)9(13)7(6-11)5-8(12)14-4/h7H,5-6H2,1-4H3/t7-/m0/s1. The van der Waals surface area contributed by atoms with E-state index in [0.717, 1.165) is 0 Å². The van der Waals surface area contributed by atoms with Gasteiger partial charge in [0, 0.05) is 5.41 Å².